The summed E-state index contributed by atoms with van der Waals surface area (Å²) in [6.07, 6.45) is 7.01. The van der Waals surface area contributed by atoms with Gasteiger partial charge in [0, 0.05) is 21.8 Å². The minimum absolute atomic E-state index is 0.478. The number of halogens is 1. The molecule has 0 aliphatic heterocycles. The van der Waals surface area contributed by atoms with E-state index >= 15 is 0 Å². The predicted octanol–water partition coefficient (Wildman–Crippen LogP) is 4.07. The van der Waals surface area contributed by atoms with Crippen LogP contribution in [-0.4, -0.2) is 16.3 Å². The predicted molar refractivity (Wildman–Crippen MR) is 89.4 cm³/mol. The van der Waals surface area contributed by atoms with Gasteiger partial charge in [0.1, 0.15) is 0 Å². The first-order valence-corrected chi connectivity index (χ1v) is 8.59. The molecular weight excluding hydrogens is 326 g/mol. The Morgan fingerprint density at radius 3 is 2.86 bits per heavy atom. The van der Waals surface area contributed by atoms with Crippen molar-refractivity contribution in [1.29, 1.82) is 0 Å². The van der Waals surface area contributed by atoms with E-state index in [9.17, 15) is 0 Å². The van der Waals surface area contributed by atoms with Crippen LogP contribution in [0.5, 0.6) is 0 Å². The highest BCUT2D eigenvalue weighted by molar-refractivity contribution is 9.10. The number of fused-ring (bicyclic) bond motifs is 1. The minimum atomic E-state index is 0.478. The Morgan fingerprint density at radius 2 is 2.10 bits per heavy atom. The van der Waals surface area contributed by atoms with Crippen molar-refractivity contribution >= 4 is 15.9 Å². The molecule has 3 rings (SSSR count). The molecule has 1 heterocycles. The molecule has 1 aliphatic carbocycles. The van der Waals surface area contributed by atoms with Gasteiger partial charge in [0.2, 0.25) is 0 Å². The van der Waals surface area contributed by atoms with Crippen molar-refractivity contribution in [3.05, 3.63) is 51.8 Å². The van der Waals surface area contributed by atoms with E-state index < -0.39 is 0 Å². The lowest BCUT2D eigenvalue weighted by molar-refractivity contribution is 0.503. The standard InChI is InChI=1S/C17H22BrN3/c1-2-19-16-5-3-4-6-17-15(16)11-20-21(17)12-13-7-9-14(18)10-8-13/h7-11,16,19H,2-6,12H2,1H3. The summed E-state index contributed by atoms with van der Waals surface area (Å²) in [6.45, 7) is 4.06. The number of hydrogen-bond donors (Lipinski definition) is 1. The monoisotopic (exact) mass is 347 g/mol. The van der Waals surface area contributed by atoms with Crippen LogP contribution in [0, 0.1) is 0 Å². The van der Waals surface area contributed by atoms with Crippen LogP contribution in [0.4, 0.5) is 0 Å². The van der Waals surface area contributed by atoms with E-state index in [-0.39, 0.29) is 0 Å². The lowest BCUT2D eigenvalue weighted by Crippen LogP contribution is -2.20. The second-order valence-corrected chi connectivity index (χ2v) is 6.60. The number of aromatic nitrogens is 2. The van der Waals surface area contributed by atoms with Crippen molar-refractivity contribution in [3.63, 3.8) is 0 Å². The Hall–Kier alpha value is -1.13. The normalized spacial score (nSPS) is 18.3. The SMILES string of the molecule is CCNC1CCCCc2c1cnn2Cc1ccc(Br)cc1. The van der Waals surface area contributed by atoms with E-state index in [1.54, 1.807) is 0 Å². The molecule has 21 heavy (non-hydrogen) atoms. The van der Waals surface area contributed by atoms with Gasteiger partial charge in [-0.1, -0.05) is 41.4 Å². The first-order valence-electron chi connectivity index (χ1n) is 7.80. The zero-order valence-electron chi connectivity index (χ0n) is 12.5. The van der Waals surface area contributed by atoms with Gasteiger partial charge >= 0.3 is 0 Å². The third-order valence-corrected chi connectivity index (χ3v) is 4.74. The van der Waals surface area contributed by atoms with Crippen molar-refractivity contribution < 1.29 is 0 Å². The molecule has 0 saturated carbocycles. The Kier molecular flexibility index (Phi) is 4.76. The number of nitrogens with one attached hydrogen (secondary N) is 1. The van der Waals surface area contributed by atoms with Crippen LogP contribution in [-0.2, 0) is 13.0 Å². The van der Waals surface area contributed by atoms with Gasteiger partial charge in [-0.25, -0.2) is 0 Å². The Balaban J connectivity index is 1.85. The van der Waals surface area contributed by atoms with Crippen molar-refractivity contribution in [2.24, 2.45) is 0 Å². The van der Waals surface area contributed by atoms with Gasteiger partial charge in [-0.3, -0.25) is 4.68 Å². The summed E-state index contributed by atoms with van der Waals surface area (Å²) < 4.78 is 3.31. The zero-order valence-corrected chi connectivity index (χ0v) is 14.1. The third-order valence-electron chi connectivity index (χ3n) is 4.21. The molecule has 1 atom stereocenters. The fourth-order valence-electron chi connectivity index (χ4n) is 3.14. The van der Waals surface area contributed by atoms with Gasteiger partial charge in [-0.05, 0) is 43.5 Å². The summed E-state index contributed by atoms with van der Waals surface area (Å²) in [5.74, 6) is 0. The average Bonchev–Trinajstić information content (AvgIpc) is 2.76. The highest BCUT2D eigenvalue weighted by Gasteiger charge is 2.21. The first-order chi connectivity index (χ1) is 10.3. The molecular formula is C17H22BrN3. The van der Waals surface area contributed by atoms with Crippen LogP contribution >= 0.6 is 15.9 Å². The lowest BCUT2D eigenvalue weighted by Gasteiger charge is -2.15. The Morgan fingerprint density at radius 1 is 1.29 bits per heavy atom. The average molecular weight is 348 g/mol. The van der Waals surface area contributed by atoms with E-state index in [0.29, 0.717) is 6.04 Å². The van der Waals surface area contributed by atoms with Gasteiger partial charge in [0.05, 0.1) is 12.7 Å². The van der Waals surface area contributed by atoms with Crippen LogP contribution in [0.3, 0.4) is 0 Å². The van der Waals surface area contributed by atoms with Crippen LogP contribution in [0.15, 0.2) is 34.9 Å². The topological polar surface area (TPSA) is 29.9 Å². The van der Waals surface area contributed by atoms with E-state index in [0.717, 1.165) is 24.0 Å². The van der Waals surface area contributed by atoms with Gasteiger partial charge < -0.3 is 5.32 Å². The molecule has 1 aromatic heterocycles. The largest absolute Gasteiger partial charge is 0.310 e. The smallest absolute Gasteiger partial charge is 0.0662 e. The summed E-state index contributed by atoms with van der Waals surface area (Å²) >= 11 is 3.49. The van der Waals surface area contributed by atoms with Gasteiger partial charge in [0.25, 0.3) is 0 Å². The highest BCUT2D eigenvalue weighted by Crippen LogP contribution is 2.28. The van der Waals surface area contributed by atoms with Crippen LogP contribution in [0.1, 0.15) is 49.0 Å². The second kappa shape index (κ2) is 6.75. The van der Waals surface area contributed by atoms with E-state index in [2.05, 4.69) is 68.4 Å². The van der Waals surface area contributed by atoms with E-state index in [4.69, 9.17) is 0 Å². The maximum Gasteiger partial charge on any atom is 0.0662 e. The minimum Gasteiger partial charge on any atom is -0.310 e. The molecule has 3 nitrogen and oxygen atoms in total. The maximum atomic E-state index is 4.65. The molecule has 0 fully saturated rings. The van der Waals surface area contributed by atoms with Crippen LogP contribution in [0.2, 0.25) is 0 Å². The molecule has 0 radical (unpaired) electrons. The number of benzene rings is 1. The molecule has 0 spiro atoms. The lowest BCUT2D eigenvalue weighted by atomic mass is 10.1. The molecule has 4 heteroatoms. The number of nitrogens with zero attached hydrogens (tertiary/aromatic N) is 2. The third kappa shape index (κ3) is 3.38. The van der Waals surface area contributed by atoms with Crippen LogP contribution in [0.25, 0.3) is 0 Å². The van der Waals surface area contributed by atoms with Crippen LogP contribution < -0.4 is 5.32 Å². The van der Waals surface area contributed by atoms with E-state index in [1.807, 2.05) is 0 Å². The van der Waals surface area contributed by atoms with Gasteiger partial charge in [-0.15, -0.1) is 0 Å². The van der Waals surface area contributed by atoms with Gasteiger partial charge in [0.15, 0.2) is 0 Å². The second-order valence-electron chi connectivity index (χ2n) is 5.69. The summed E-state index contributed by atoms with van der Waals surface area (Å²) in [7, 11) is 0. The fourth-order valence-corrected chi connectivity index (χ4v) is 3.41. The Bertz CT molecular complexity index is 589. The molecule has 0 bridgehead atoms. The molecule has 2 aromatic rings. The molecule has 0 saturated heterocycles. The van der Waals surface area contributed by atoms with Crippen molar-refractivity contribution in [1.82, 2.24) is 15.1 Å². The van der Waals surface area contributed by atoms with Crippen molar-refractivity contribution in [2.45, 2.75) is 45.2 Å². The Labute approximate surface area is 134 Å². The summed E-state index contributed by atoms with van der Waals surface area (Å²) in [5, 5.41) is 8.26. The molecule has 1 N–H and O–H groups in total. The summed E-state index contributed by atoms with van der Waals surface area (Å²) in [6, 6.07) is 9.00. The maximum absolute atomic E-state index is 4.65. The molecule has 0 amide bonds. The molecule has 1 aromatic carbocycles. The summed E-state index contributed by atoms with van der Waals surface area (Å²) in [4.78, 5) is 0. The van der Waals surface area contributed by atoms with Gasteiger partial charge in [-0.2, -0.15) is 5.10 Å². The molecule has 1 aliphatic rings. The van der Waals surface area contributed by atoms with Crippen molar-refractivity contribution in [2.75, 3.05) is 6.54 Å². The number of hydrogen-bond acceptors (Lipinski definition) is 2. The summed E-state index contributed by atoms with van der Waals surface area (Å²) in [5.41, 5.74) is 4.13. The quantitative estimate of drug-likeness (QED) is 0.844. The molecule has 112 valence electrons. The zero-order chi connectivity index (χ0) is 14.7. The van der Waals surface area contributed by atoms with E-state index in [1.165, 1.54) is 36.1 Å². The first kappa shape index (κ1) is 14.8. The fraction of sp³-hybridized carbons (Fsp3) is 0.471. The molecule has 1 unspecified atom stereocenters. The van der Waals surface area contributed by atoms with Crippen molar-refractivity contribution in [3.8, 4) is 0 Å². The number of rotatable bonds is 4. The highest BCUT2D eigenvalue weighted by atomic mass is 79.9.